The van der Waals surface area contributed by atoms with Gasteiger partial charge >= 0.3 is 6.09 Å². The van der Waals surface area contributed by atoms with Gasteiger partial charge in [0.1, 0.15) is 11.9 Å². The molecule has 5 nitrogen and oxygen atoms in total. The number of ketones is 1. The Hall–Kier alpha value is -3.77. The molecule has 0 unspecified atom stereocenters. The Balaban J connectivity index is 1.44. The minimum absolute atomic E-state index is 0.169. The molecule has 0 spiro atoms. The fourth-order valence-electron chi connectivity index (χ4n) is 3.37. The van der Waals surface area contributed by atoms with E-state index in [0.29, 0.717) is 23.4 Å². The summed E-state index contributed by atoms with van der Waals surface area (Å²) < 4.78 is 18.3. The van der Waals surface area contributed by atoms with Crippen LogP contribution < -0.4 is 4.90 Å². The highest BCUT2D eigenvalue weighted by Crippen LogP contribution is 2.26. The first-order valence-electron chi connectivity index (χ1n) is 9.81. The standard InChI is InChI=1S/C25H20FNO4/c26-21-3-1-2-17(14-21)4-13-24(29)20-7-5-18(6-8-20)19-9-11-22(12-10-19)27-15-23(16-28)31-25(27)30/h1-14,23,28H,15-16H2/b13-4+/t23-/m1/s1. The first-order valence-corrected chi connectivity index (χ1v) is 9.81. The van der Waals surface area contributed by atoms with Crippen molar-refractivity contribution >= 4 is 23.6 Å². The third kappa shape index (κ3) is 4.70. The average Bonchev–Trinajstić information content (AvgIpc) is 3.18. The Morgan fingerprint density at radius 2 is 1.74 bits per heavy atom. The van der Waals surface area contributed by atoms with Gasteiger partial charge in [0.15, 0.2) is 5.78 Å². The van der Waals surface area contributed by atoms with Crippen LogP contribution in [0, 0.1) is 5.82 Å². The number of rotatable bonds is 6. The van der Waals surface area contributed by atoms with E-state index >= 15 is 0 Å². The Morgan fingerprint density at radius 1 is 1.06 bits per heavy atom. The van der Waals surface area contributed by atoms with E-state index in [1.807, 2.05) is 36.4 Å². The molecule has 3 aromatic carbocycles. The van der Waals surface area contributed by atoms with Crippen LogP contribution in [0.5, 0.6) is 0 Å². The van der Waals surface area contributed by atoms with Crippen LogP contribution in [0.15, 0.2) is 78.9 Å². The third-order valence-corrected chi connectivity index (χ3v) is 5.04. The number of anilines is 1. The zero-order valence-corrected chi connectivity index (χ0v) is 16.6. The summed E-state index contributed by atoms with van der Waals surface area (Å²) in [5.41, 5.74) is 3.71. The van der Waals surface area contributed by atoms with Crippen LogP contribution >= 0.6 is 0 Å². The summed E-state index contributed by atoms with van der Waals surface area (Å²) in [6.07, 6.45) is 2.03. The van der Waals surface area contributed by atoms with E-state index in [-0.39, 0.29) is 18.2 Å². The molecular formula is C25H20FNO4. The van der Waals surface area contributed by atoms with Gasteiger partial charge < -0.3 is 9.84 Å². The van der Waals surface area contributed by atoms with Crippen LogP contribution in [0.25, 0.3) is 17.2 Å². The number of aliphatic hydroxyl groups is 1. The SMILES string of the molecule is O=C(/C=C/c1cccc(F)c1)c1ccc(-c2ccc(N3C[C@H](CO)OC3=O)cc2)cc1. The van der Waals surface area contributed by atoms with E-state index < -0.39 is 12.2 Å². The molecule has 3 aromatic rings. The lowest BCUT2D eigenvalue weighted by Gasteiger charge is -2.13. The number of carbonyl (C=O) groups excluding carboxylic acids is 2. The van der Waals surface area contributed by atoms with Crippen molar-refractivity contribution in [2.24, 2.45) is 0 Å². The van der Waals surface area contributed by atoms with Crippen molar-refractivity contribution in [2.45, 2.75) is 6.10 Å². The molecule has 1 saturated heterocycles. The van der Waals surface area contributed by atoms with Crippen molar-refractivity contribution in [3.63, 3.8) is 0 Å². The predicted octanol–water partition coefficient (Wildman–Crippen LogP) is 4.71. The molecule has 6 heteroatoms. The highest BCUT2D eigenvalue weighted by atomic mass is 19.1. The summed E-state index contributed by atoms with van der Waals surface area (Å²) >= 11 is 0. The molecule has 1 fully saturated rings. The van der Waals surface area contributed by atoms with Crippen LogP contribution in [-0.2, 0) is 4.74 Å². The second-order valence-electron chi connectivity index (χ2n) is 7.18. The van der Waals surface area contributed by atoms with Gasteiger partial charge in [-0.25, -0.2) is 9.18 Å². The number of hydrogen-bond acceptors (Lipinski definition) is 4. The minimum atomic E-state index is -0.507. The number of hydrogen-bond donors (Lipinski definition) is 1. The van der Waals surface area contributed by atoms with Crippen molar-refractivity contribution in [1.29, 1.82) is 0 Å². The number of aliphatic hydroxyl groups excluding tert-OH is 1. The number of allylic oxidation sites excluding steroid dienone is 1. The molecule has 0 bridgehead atoms. The van der Waals surface area contributed by atoms with Gasteiger partial charge in [-0.1, -0.05) is 54.6 Å². The van der Waals surface area contributed by atoms with E-state index in [4.69, 9.17) is 9.84 Å². The van der Waals surface area contributed by atoms with Gasteiger partial charge in [-0.3, -0.25) is 9.69 Å². The molecule has 156 valence electrons. The summed E-state index contributed by atoms with van der Waals surface area (Å²) in [5, 5.41) is 9.16. The summed E-state index contributed by atoms with van der Waals surface area (Å²) in [7, 11) is 0. The smallest absolute Gasteiger partial charge is 0.414 e. The Kier molecular flexibility index (Phi) is 5.91. The van der Waals surface area contributed by atoms with Crippen molar-refractivity contribution in [3.8, 4) is 11.1 Å². The van der Waals surface area contributed by atoms with E-state index in [1.165, 1.54) is 23.1 Å². The van der Waals surface area contributed by atoms with E-state index in [2.05, 4.69) is 0 Å². The molecule has 1 amide bonds. The molecule has 4 rings (SSSR count). The quantitative estimate of drug-likeness (QED) is 0.466. The largest absolute Gasteiger partial charge is 0.441 e. The number of nitrogens with zero attached hydrogens (tertiary/aromatic N) is 1. The lowest BCUT2D eigenvalue weighted by atomic mass is 10.0. The summed E-state index contributed by atoms with van der Waals surface area (Å²) in [6.45, 7) is 0.109. The second-order valence-corrected chi connectivity index (χ2v) is 7.18. The number of cyclic esters (lactones) is 1. The normalized spacial score (nSPS) is 16.0. The number of benzene rings is 3. The molecule has 1 heterocycles. The first-order chi connectivity index (χ1) is 15.0. The lowest BCUT2D eigenvalue weighted by Crippen LogP contribution is -2.25. The van der Waals surface area contributed by atoms with Crippen LogP contribution in [0.4, 0.5) is 14.9 Å². The van der Waals surface area contributed by atoms with Crippen molar-refractivity contribution in [2.75, 3.05) is 18.1 Å². The highest BCUT2D eigenvalue weighted by Gasteiger charge is 2.31. The molecule has 0 saturated carbocycles. The topological polar surface area (TPSA) is 66.8 Å². The fourth-order valence-corrected chi connectivity index (χ4v) is 3.37. The van der Waals surface area contributed by atoms with Crippen LogP contribution in [0.2, 0.25) is 0 Å². The van der Waals surface area contributed by atoms with Gasteiger partial charge in [0, 0.05) is 11.3 Å². The number of ether oxygens (including phenoxy) is 1. The van der Waals surface area contributed by atoms with E-state index in [9.17, 15) is 14.0 Å². The summed E-state index contributed by atoms with van der Waals surface area (Å²) in [5.74, 6) is -0.517. The van der Waals surface area contributed by atoms with Gasteiger partial charge in [-0.2, -0.15) is 0 Å². The molecule has 0 aromatic heterocycles. The molecule has 1 aliphatic rings. The maximum absolute atomic E-state index is 13.2. The van der Waals surface area contributed by atoms with Gasteiger partial charge in [0.2, 0.25) is 0 Å². The molecule has 31 heavy (non-hydrogen) atoms. The number of carbonyl (C=O) groups is 2. The van der Waals surface area contributed by atoms with Gasteiger partial charge in [-0.15, -0.1) is 0 Å². The van der Waals surface area contributed by atoms with Crippen molar-refractivity contribution in [3.05, 3.63) is 95.8 Å². The predicted molar refractivity (Wildman–Crippen MR) is 116 cm³/mol. The van der Waals surface area contributed by atoms with Crippen LogP contribution in [0.3, 0.4) is 0 Å². The number of amides is 1. The monoisotopic (exact) mass is 417 g/mol. The van der Waals surface area contributed by atoms with Gasteiger partial charge in [0.25, 0.3) is 0 Å². The van der Waals surface area contributed by atoms with Gasteiger partial charge in [-0.05, 0) is 47.0 Å². The average molecular weight is 417 g/mol. The van der Waals surface area contributed by atoms with Crippen LogP contribution in [-0.4, -0.2) is 36.2 Å². The van der Waals surface area contributed by atoms with E-state index in [0.717, 1.165) is 11.1 Å². The third-order valence-electron chi connectivity index (χ3n) is 5.04. The maximum Gasteiger partial charge on any atom is 0.414 e. The van der Waals surface area contributed by atoms with E-state index in [1.54, 1.807) is 30.3 Å². The van der Waals surface area contributed by atoms with Gasteiger partial charge in [0.05, 0.1) is 13.2 Å². The zero-order valence-electron chi connectivity index (χ0n) is 16.6. The first kappa shape index (κ1) is 20.5. The lowest BCUT2D eigenvalue weighted by molar-refractivity contribution is 0.0963. The molecule has 1 N–H and O–H groups in total. The summed E-state index contributed by atoms with van der Waals surface area (Å²) in [6, 6.07) is 20.6. The van der Waals surface area contributed by atoms with Crippen molar-refractivity contribution in [1.82, 2.24) is 0 Å². The molecule has 0 aliphatic carbocycles. The second kappa shape index (κ2) is 8.93. The van der Waals surface area contributed by atoms with Crippen LogP contribution in [0.1, 0.15) is 15.9 Å². The molecule has 0 radical (unpaired) electrons. The fraction of sp³-hybridized carbons (Fsp3) is 0.120. The molecule has 1 aliphatic heterocycles. The maximum atomic E-state index is 13.2. The van der Waals surface area contributed by atoms with Crippen molar-refractivity contribution < 1.29 is 23.8 Å². The Morgan fingerprint density at radius 3 is 2.35 bits per heavy atom. The number of halogens is 1. The minimum Gasteiger partial charge on any atom is -0.441 e. The Bertz CT molecular complexity index is 1120. The summed E-state index contributed by atoms with van der Waals surface area (Å²) in [4.78, 5) is 25.8. The zero-order chi connectivity index (χ0) is 21.8. The Labute approximate surface area is 179 Å². The highest BCUT2D eigenvalue weighted by molar-refractivity contribution is 6.07. The molecular weight excluding hydrogens is 397 g/mol. The molecule has 1 atom stereocenters.